The molecule has 2 N–H and O–H groups in total. The highest BCUT2D eigenvalue weighted by Gasteiger charge is 2.30. The summed E-state index contributed by atoms with van der Waals surface area (Å²) >= 11 is 0. The smallest absolute Gasteiger partial charge is 0.135 e. The Morgan fingerprint density at radius 1 is 0.574 bits per heavy atom. The van der Waals surface area contributed by atoms with E-state index in [1.165, 1.54) is 49.4 Å². The second kappa shape index (κ2) is 10.2. The Hall–Kier alpha value is -6.13. The number of dihydropyridines is 1. The largest absolute Gasteiger partial charge is 0.456 e. The number of hydrogen-bond acceptors (Lipinski definition) is 4. The monoisotopic (exact) mass is 603 g/mol. The summed E-state index contributed by atoms with van der Waals surface area (Å²) in [6.07, 6.45) is 8.64. The van der Waals surface area contributed by atoms with Gasteiger partial charge in [-0.25, -0.2) is 0 Å². The van der Waals surface area contributed by atoms with Crippen molar-refractivity contribution in [3.8, 4) is 11.1 Å². The molecule has 6 aromatic carbocycles. The second-order valence-electron chi connectivity index (χ2n) is 12.5. The van der Waals surface area contributed by atoms with E-state index in [-0.39, 0.29) is 6.04 Å². The summed E-state index contributed by atoms with van der Waals surface area (Å²) in [5, 5.41) is 14.5. The summed E-state index contributed by atoms with van der Waals surface area (Å²) < 4.78 is 6.05. The molecule has 7 aromatic rings. The predicted octanol–water partition coefficient (Wildman–Crippen LogP) is 9.67. The van der Waals surface area contributed by atoms with Crippen LogP contribution >= 0.6 is 0 Å². The molecule has 1 atom stereocenters. The van der Waals surface area contributed by atoms with Crippen molar-refractivity contribution in [2.45, 2.75) is 6.04 Å². The minimum Gasteiger partial charge on any atom is -0.456 e. The van der Waals surface area contributed by atoms with Gasteiger partial charge in [-0.3, -0.25) is 4.99 Å². The first-order valence-electron chi connectivity index (χ1n) is 16.1. The highest BCUT2D eigenvalue weighted by molar-refractivity contribution is 6.08. The lowest BCUT2D eigenvalue weighted by molar-refractivity contribution is 0.669. The maximum atomic E-state index is 6.05. The molecule has 0 spiro atoms. The molecule has 1 aliphatic carbocycles. The molecule has 0 amide bonds. The zero-order valence-electron chi connectivity index (χ0n) is 25.5. The fraction of sp³-hybridized carbons (Fsp3) is 0.0465. The summed E-state index contributed by atoms with van der Waals surface area (Å²) in [6.45, 7) is 0.693. The molecule has 222 valence electrons. The van der Waals surface area contributed by atoms with Gasteiger partial charge in [-0.05, 0) is 110 Å². The molecule has 0 fully saturated rings. The van der Waals surface area contributed by atoms with Crippen LogP contribution in [0.1, 0.15) is 11.1 Å². The van der Waals surface area contributed by atoms with E-state index in [0.29, 0.717) is 6.54 Å². The van der Waals surface area contributed by atoms with Gasteiger partial charge < -0.3 is 15.1 Å². The van der Waals surface area contributed by atoms with Crippen LogP contribution in [-0.4, -0.2) is 18.3 Å². The van der Waals surface area contributed by atoms with Crippen molar-refractivity contribution in [3.63, 3.8) is 0 Å². The van der Waals surface area contributed by atoms with Crippen LogP contribution in [0.15, 0.2) is 172 Å². The Labute approximate surface area is 271 Å². The van der Waals surface area contributed by atoms with E-state index in [4.69, 9.17) is 9.41 Å². The summed E-state index contributed by atoms with van der Waals surface area (Å²) in [4.78, 5) is 5.30. The standard InChI is InChI=1S/C43H29N3O/c1-2-6-29-22-33-23-32(14-13-30(33)21-28(29)5-1)39-25-45-38-17-16-36-34(19-20-44-42(36)43(38)46-39)27-11-9-26(10-12-27)31-15-18-41-37(24-31)35-7-3-4-8-40(35)47-41/h1-24,42,44-45H,25H2. The van der Waals surface area contributed by atoms with E-state index in [1.807, 2.05) is 12.1 Å². The summed E-state index contributed by atoms with van der Waals surface area (Å²) in [6, 6.07) is 43.3. The number of allylic oxidation sites excluding steroid dienone is 3. The Morgan fingerprint density at radius 3 is 2.19 bits per heavy atom. The normalized spacial score (nSPS) is 17.2. The van der Waals surface area contributed by atoms with Gasteiger partial charge in [0, 0.05) is 10.8 Å². The molecule has 1 unspecified atom stereocenters. The van der Waals surface area contributed by atoms with E-state index >= 15 is 0 Å². The first kappa shape index (κ1) is 26.1. The summed E-state index contributed by atoms with van der Waals surface area (Å²) in [7, 11) is 0. The maximum absolute atomic E-state index is 6.05. The highest BCUT2D eigenvalue weighted by Crippen LogP contribution is 2.37. The number of nitrogens with zero attached hydrogens (tertiary/aromatic N) is 1. The number of para-hydroxylation sites is 1. The molecule has 0 bridgehead atoms. The van der Waals surface area contributed by atoms with Crippen LogP contribution in [-0.2, 0) is 0 Å². The van der Waals surface area contributed by atoms with Crippen molar-refractivity contribution in [1.82, 2.24) is 10.6 Å². The van der Waals surface area contributed by atoms with Crippen molar-refractivity contribution in [3.05, 3.63) is 174 Å². The lowest BCUT2D eigenvalue weighted by Crippen LogP contribution is -2.39. The molecule has 0 saturated carbocycles. The SMILES string of the molecule is C1=CC(c2ccc(-c3ccc4oc5ccccc5c4c3)cc2)=C2C=CC3=C(N=C(c4ccc5cc6ccccc6cc5c4)CN3)C2N1. The van der Waals surface area contributed by atoms with Crippen molar-refractivity contribution >= 4 is 54.8 Å². The number of fused-ring (bicyclic) bond motifs is 7. The lowest BCUT2D eigenvalue weighted by Gasteiger charge is -2.32. The van der Waals surface area contributed by atoms with E-state index in [9.17, 15) is 0 Å². The summed E-state index contributed by atoms with van der Waals surface area (Å²) in [5.74, 6) is 0. The van der Waals surface area contributed by atoms with Crippen LogP contribution in [0.2, 0.25) is 0 Å². The molecule has 4 nitrogen and oxygen atoms in total. The maximum Gasteiger partial charge on any atom is 0.135 e. The molecule has 4 heteroatoms. The van der Waals surface area contributed by atoms with E-state index < -0.39 is 0 Å². The highest BCUT2D eigenvalue weighted by atomic mass is 16.3. The number of benzene rings is 6. The Morgan fingerprint density at radius 2 is 1.30 bits per heavy atom. The van der Waals surface area contributed by atoms with Crippen LogP contribution in [0, 0.1) is 0 Å². The van der Waals surface area contributed by atoms with Crippen LogP contribution < -0.4 is 10.6 Å². The topological polar surface area (TPSA) is 49.6 Å². The van der Waals surface area contributed by atoms with Crippen LogP contribution in [0.25, 0.3) is 60.2 Å². The second-order valence-corrected chi connectivity index (χ2v) is 12.5. The summed E-state index contributed by atoms with van der Waals surface area (Å²) in [5.41, 5.74) is 12.1. The van der Waals surface area contributed by atoms with Gasteiger partial charge in [-0.1, -0.05) is 91.0 Å². The Bertz CT molecular complexity index is 2590. The van der Waals surface area contributed by atoms with Gasteiger partial charge in [0.15, 0.2) is 0 Å². The van der Waals surface area contributed by atoms with Crippen LogP contribution in [0.5, 0.6) is 0 Å². The zero-order chi connectivity index (χ0) is 30.9. The minimum atomic E-state index is -0.0290. The van der Waals surface area contributed by atoms with E-state index in [2.05, 4.69) is 144 Å². The number of hydrogen-bond donors (Lipinski definition) is 2. The predicted molar refractivity (Wildman–Crippen MR) is 194 cm³/mol. The Kier molecular flexibility index (Phi) is 5.67. The molecular formula is C43H29N3O. The van der Waals surface area contributed by atoms with Gasteiger partial charge in [-0.15, -0.1) is 0 Å². The Balaban J connectivity index is 0.977. The molecule has 2 aliphatic heterocycles. The fourth-order valence-electron chi connectivity index (χ4n) is 7.33. The van der Waals surface area contributed by atoms with E-state index in [0.717, 1.165) is 44.6 Å². The number of rotatable bonds is 3. The number of furan rings is 1. The third-order valence-corrected chi connectivity index (χ3v) is 9.76. The van der Waals surface area contributed by atoms with Gasteiger partial charge >= 0.3 is 0 Å². The van der Waals surface area contributed by atoms with Gasteiger partial charge in [-0.2, -0.15) is 0 Å². The quantitative estimate of drug-likeness (QED) is 0.198. The third kappa shape index (κ3) is 4.26. The molecule has 0 saturated heterocycles. The van der Waals surface area contributed by atoms with Crippen molar-refractivity contribution < 1.29 is 4.42 Å². The molecule has 3 heterocycles. The molecule has 1 aromatic heterocycles. The minimum absolute atomic E-state index is 0.0290. The fourth-order valence-corrected chi connectivity index (χ4v) is 7.33. The molecule has 3 aliphatic rings. The van der Waals surface area contributed by atoms with Gasteiger partial charge in [0.1, 0.15) is 11.2 Å². The number of nitrogens with one attached hydrogen (secondary N) is 2. The van der Waals surface area contributed by atoms with Gasteiger partial charge in [0.25, 0.3) is 0 Å². The molecule has 10 rings (SSSR count). The average molecular weight is 604 g/mol. The van der Waals surface area contributed by atoms with E-state index in [1.54, 1.807) is 0 Å². The third-order valence-electron chi connectivity index (χ3n) is 9.76. The number of aliphatic imine (C=N–C) groups is 1. The molecular weight excluding hydrogens is 574 g/mol. The van der Waals surface area contributed by atoms with Crippen molar-refractivity contribution in [2.75, 3.05) is 6.54 Å². The van der Waals surface area contributed by atoms with Crippen molar-refractivity contribution in [2.24, 2.45) is 4.99 Å². The van der Waals surface area contributed by atoms with Crippen molar-refractivity contribution in [1.29, 1.82) is 0 Å². The van der Waals surface area contributed by atoms with Crippen LogP contribution in [0.4, 0.5) is 0 Å². The molecule has 47 heavy (non-hydrogen) atoms. The average Bonchev–Trinajstić information content (AvgIpc) is 3.51. The zero-order valence-corrected chi connectivity index (χ0v) is 25.5. The van der Waals surface area contributed by atoms with Gasteiger partial charge in [0.05, 0.1) is 29.7 Å². The molecule has 0 radical (unpaired) electrons. The lowest BCUT2D eigenvalue weighted by atomic mass is 9.86. The first-order valence-corrected chi connectivity index (χ1v) is 16.1. The first-order chi connectivity index (χ1) is 23.2. The van der Waals surface area contributed by atoms with Gasteiger partial charge in [0.2, 0.25) is 0 Å². The van der Waals surface area contributed by atoms with Crippen LogP contribution in [0.3, 0.4) is 0 Å².